The lowest BCUT2D eigenvalue weighted by Crippen LogP contribution is -2.24. The third-order valence-corrected chi connectivity index (χ3v) is 2.94. The molecule has 0 aliphatic rings. The molecule has 0 unspecified atom stereocenters. The summed E-state index contributed by atoms with van der Waals surface area (Å²) in [5, 5.41) is 11.0. The van der Waals surface area contributed by atoms with Crippen molar-refractivity contribution >= 4 is 17.8 Å². The zero-order chi connectivity index (χ0) is 17.5. The minimum atomic E-state index is -1.43. The minimum Gasteiger partial charge on any atom is -0.478 e. The number of aliphatic carboxylic acids is 1. The number of alkyl carbamates (subject to hydrolysis) is 1. The first kappa shape index (κ1) is 17.1. The molecule has 2 N–H and O–H groups in total. The van der Waals surface area contributed by atoms with Crippen LogP contribution < -0.4 is 5.32 Å². The molecular formula is C17H13F2NO4. The van der Waals surface area contributed by atoms with Crippen LogP contribution in [-0.4, -0.2) is 17.2 Å². The van der Waals surface area contributed by atoms with Crippen LogP contribution in [0.4, 0.5) is 13.6 Å². The van der Waals surface area contributed by atoms with Gasteiger partial charge in [0.05, 0.1) is 5.70 Å². The maximum atomic E-state index is 13.8. The molecule has 0 radical (unpaired) electrons. The van der Waals surface area contributed by atoms with Crippen molar-refractivity contribution in [3.8, 4) is 0 Å². The number of nitrogens with one attached hydrogen (secondary N) is 1. The summed E-state index contributed by atoms with van der Waals surface area (Å²) in [6.45, 7) is -0.0569. The highest BCUT2D eigenvalue weighted by Crippen LogP contribution is 2.18. The Hall–Kier alpha value is -3.22. The molecule has 0 saturated carbocycles. The smallest absolute Gasteiger partial charge is 0.411 e. The topological polar surface area (TPSA) is 75.6 Å². The van der Waals surface area contributed by atoms with Gasteiger partial charge >= 0.3 is 12.1 Å². The van der Waals surface area contributed by atoms with E-state index in [1.165, 1.54) is 0 Å². The fourth-order valence-electron chi connectivity index (χ4n) is 1.88. The molecule has 0 bridgehead atoms. The molecule has 0 spiro atoms. The quantitative estimate of drug-likeness (QED) is 0.823. The molecule has 5 nitrogen and oxygen atoms in total. The molecule has 0 fully saturated rings. The van der Waals surface area contributed by atoms with Crippen molar-refractivity contribution in [1.82, 2.24) is 5.32 Å². The van der Waals surface area contributed by atoms with Crippen LogP contribution in [0.3, 0.4) is 0 Å². The summed E-state index contributed by atoms with van der Waals surface area (Å²) in [4.78, 5) is 22.6. The van der Waals surface area contributed by atoms with Crippen LogP contribution in [0.25, 0.3) is 5.70 Å². The SMILES string of the molecule is O=C(O)C=C(NC(=O)OCc1ccccc1)c1cc(F)ccc1F. The Balaban J connectivity index is 2.13. The average Bonchev–Trinajstić information content (AvgIpc) is 2.55. The molecular weight excluding hydrogens is 320 g/mol. The Kier molecular flexibility index (Phi) is 5.62. The normalized spacial score (nSPS) is 11.0. The molecule has 7 heteroatoms. The summed E-state index contributed by atoms with van der Waals surface area (Å²) in [7, 11) is 0. The zero-order valence-corrected chi connectivity index (χ0v) is 12.3. The number of halogens is 2. The first-order valence-corrected chi connectivity index (χ1v) is 6.83. The van der Waals surface area contributed by atoms with Crippen molar-refractivity contribution < 1.29 is 28.2 Å². The van der Waals surface area contributed by atoms with E-state index in [4.69, 9.17) is 9.84 Å². The largest absolute Gasteiger partial charge is 0.478 e. The number of carboxylic acid groups (broad SMARTS) is 1. The molecule has 2 aromatic carbocycles. The zero-order valence-electron chi connectivity index (χ0n) is 12.3. The summed E-state index contributed by atoms with van der Waals surface area (Å²) >= 11 is 0. The predicted octanol–water partition coefficient (Wildman–Crippen LogP) is 3.32. The average molecular weight is 333 g/mol. The van der Waals surface area contributed by atoms with E-state index in [2.05, 4.69) is 5.32 Å². The van der Waals surface area contributed by atoms with Crippen LogP contribution in [0.1, 0.15) is 11.1 Å². The van der Waals surface area contributed by atoms with Crippen LogP contribution in [0.2, 0.25) is 0 Å². The van der Waals surface area contributed by atoms with E-state index < -0.39 is 35.0 Å². The van der Waals surface area contributed by atoms with Crippen LogP contribution in [0.5, 0.6) is 0 Å². The molecule has 0 aromatic heterocycles. The number of amides is 1. The van der Waals surface area contributed by atoms with Crippen LogP contribution >= 0.6 is 0 Å². The van der Waals surface area contributed by atoms with Gasteiger partial charge in [0.1, 0.15) is 18.2 Å². The van der Waals surface area contributed by atoms with E-state index in [1.807, 2.05) is 0 Å². The number of carbonyl (C=O) groups is 2. The lowest BCUT2D eigenvalue weighted by molar-refractivity contribution is -0.131. The first-order valence-electron chi connectivity index (χ1n) is 6.83. The number of carbonyl (C=O) groups excluding carboxylic acids is 1. The van der Waals surface area contributed by atoms with Crippen LogP contribution in [0.15, 0.2) is 54.6 Å². The standard InChI is InChI=1S/C17H13F2NO4/c18-12-6-7-14(19)13(8-12)15(9-16(21)22)20-17(23)24-10-11-4-2-1-3-5-11/h1-9H,10H2,(H,20,23)(H,21,22). The summed E-state index contributed by atoms with van der Waals surface area (Å²) in [5.41, 5.74) is -0.0972. The van der Waals surface area contributed by atoms with Crippen molar-refractivity contribution in [3.63, 3.8) is 0 Å². The van der Waals surface area contributed by atoms with E-state index in [-0.39, 0.29) is 6.61 Å². The molecule has 0 aliphatic heterocycles. The van der Waals surface area contributed by atoms with Gasteiger partial charge in [0.15, 0.2) is 0 Å². The van der Waals surface area contributed by atoms with Gasteiger partial charge in [0.25, 0.3) is 0 Å². The number of hydrogen-bond donors (Lipinski definition) is 2. The maximum Gasteiger partial charge on any atom is 0.411 e. The van der Waals surface area contributed by atoms with Crippen molar-refractivity contribution in [2.45, 2.75) is 6.61 Å². The Morgan fingerprint density at radius 1 is 1.12 bits per heavy atom. The minimum absolute atomic E-state index is 0.0569. The Morgan fingerprint density at radius 3 is 2.50 bits per heavy atom. The second-order valence-corrected chi connectivity index (χ2v) is 4.71. The van der Waals surface area contributed by atoms with Crippen molar-refractivity contribution in [2.24, 2.45) is 0 Å². The van der Waals surface area contributed by atoms with Gasteiger partial charge in [-0.15, -0.1) is 0 Å². The van der Waals surface area contributed by atoms with E-state index in [0.29, 0.717) is 11.6 Å². The Bertz CT molecular complexity index is 775. The van der Waals surface area contributed by atoms with Crippen molar-refractivity contribution in [1.29, 1.82) is 0 Å². The predicted molar refractivity (Wildman–Crippen MR) is 81.7 cm³/mol. The van der Waals surface area contributed by atoms with Gasteiger partial charge < -0.3 is 9.84 Å². The monoisotopic (exact) mass is 333 g/mol. The van der Waals surface area contributed by atoms with Crippen molar-refractivity contribution in [2.75, 3.05) is 0 Å². The van der Waals surface area contributed by atoms with Gasteiger partial charge in [-0.25, -0.2) is 18.4 Å². The summed E-state index contributed by atoms with van der Waals surface area (Å²) in [6.07, 6.45) is -0.434. The maximum absolute atomic E-state index is 13.8. The van der Waals surface area contributed by atoms with Gasteiger partial charge in [-0.2, -0.15) is 0 Å². The van der Waals surface area contributed by atoms with Gasteiger partial charge in [-0.05, 0) is 23.8 Å². The van der Waals surface area contributed by atoms with Crippen LogP contribution in [-0.2, 0) is 16.1 Å². The number of hydrogen-bond acceptors (Lipinski definition) is 3. The third kappa shape index (κ3) is 4.91. The number of rotatable bonds is 5. The highest BCUT2D eigenvalue weighted by atomic mass is 19.1. The van der Waals surface area contributed by atoms with Gasteiger partial charge in [-0.3, -0.25) is 5.32 Å². The molecule has 2 aromatic rings. The molecule has 2 rings (SSSR count). The van der Waals surface area contributed by atoms with Crippen LogP contribution in [0, 0.1) is 11.6 Å². The molecule has 1 amide bonds. The number of ether oxygens (including phenoxy) is 1. The molecule has 0 aliphatic carbocycles. The Morgan fingerprint density at radius 2 is 1.83 bits per heavy atom. The lowest BCUT2D eigenvalue weighted by atomic mass is 10.1. The third-order valence-electron chi connectivity index (χ3n) is 2.94. The highest BCUT2D eigenvalue weighted by Gasteiger charge is 2.15. The van der Waals surface area contributed by atoms with E-state index in [1.54, 1.807) is 30.3 Å². The van der Waals surface area contributed by atoms with E-state index >= 15 is 0 Å². The van der Waals surface area contributed by atoms with Crippen molar-refractivity contribution in [3.05, 3.63) is 77.4 Å². The van der Waals surface area contributed by atoms with Gasteiger partial charge in [0.2, 0.25) is 0 Å². The lowest BCUT2D eigenvalue weighted by Gasteiger charge is -2.11. The van der Waals surface area contributed by atoms with E-state index in [9.17, 15) is 18.4 Å². The summed E-state index contributed by atoms with van der Waals surface area (Å²) in [5.74, 6) is -3.09. The fraction of sp³-hybridized carbons (Fsp3) is 0.0588. The fourth-order valence-corrected chi connectivity index (χ4v) is 1.88. The second kappa shape index (κ2) is 7.87. The number of benzene rings is 2. The summed E-state index contributed by atoms with van der Waals surface area (Å²) in [6, 6.07) is 11.3. The number of carboxylic acids is 1. The molecule has 0 saturated heterocycles. The van der Waals surface area contributed by atoms with E-state index in [0.717, 1.165) is 18.2 Å². The molecule has 24 heavy (non-hydrogen) atoms. The Labute approximate surface area is 136 Å². The molecule has 0 heterocycles. The van der Waals surface area contributed by atoms with Gasteiger partial charge in [0, 0.05) is 11.6 Å². The molecule has 0 atom stereocenters. The highest BCUT2D eigenvalue weighted by molar-refractivity contribution is 5.93. The molecule has 124 valence electrons. The summed E-state index contributed by atoms with van der Waals surface area (Å²) < 4.78 is 32.0. The first-order chi connectivity index (χ1) is 11.5. The van der Waals surface area contributed by atoms with Gasteiger partial charge in [-0.1, -0.05) is 30.3 Å². The second-order valence-electron chi connectivity index (χ2n) is 4.71.